The van der Waals surface area contributed by atoms with E-state index in [4.69, 9.17) is 4.74 Å². The highest BCUT2D eigenvalue weighted by atomic mass is 16.5. The lowest BCUT2D eigenvalue weighted by atomic mass is 9.72. The minimum Gasteiger partial charge on any atom is -0.368 e. The standard InChI is InChI=1S/C17H26N2O3/c1-2-9-19-13-17(6-5-15(19)20)7-10-18(11-8-17)16(21)14-4-3-12-22-14/h2,14H,1,3-13H2/t14-/m0/s1. The van der Waals surface area contributed by atoms with E-state index in [9.17, 15) is 9.59 Å². The number of carbonyl (C=O) groups is 2. The normalized spacial score (nSPS) is 28.2. The number of amides is 2. The molecule has 122 valence electrons. The molecule has 0 radical (unpaired) electrons. The smallest absolute Gasteiger partial charge is 0.251 e. The lowest BCUT2D eigenvalue weighted by Crippen LogP contribution is -2.53. The SMILES string of the molecule is C=CCN1CC2(CCC1=O)CCN(C(=O)[C@@H]1CCCO1)CC2. The molecule has 0 aliphatic carbocycles. The van der Waals surface area contributed by atoms with Crippen molar-refractivity contribution >= 4 is 11.8 Å². The summed E-state index contributed by atoms with van der Waals surface area (Å²) in [4.78, 5) is 28.3. The Kier molecular flexibility index (Phi) is 4.52. The number of nitrogens with zero attached hydrogens (tertiary/aromatic N) is 2. The Hall–Kier alpha value is -1.36. The van der Waals surface area contributed by atoms with Crippen molar-refractivity contribution in [3.63, 3.8) is 0 Å². The molecule has 0 aromatic carbocycles. The van der Waals surface area contributed by atoms with Crippen molar-refractivity contribution in [1.29, 1.82) is 0 Å². The Morgan fingerprint density at radius 1 is 1.36 bits per heavy atom. The van der Waals surface area contributed by atoms with Gasteiger partial charge in [0.05, 0.1) is 0 Å². The fourth-order valence-electron chi connectivity index (χ4n) is 4.01. The van der Waals surface area contributed by atoms with Crippen LogP contribution in [0.2, 0.25) is 0 Å². The van der Waals surface area contributed by atoms with Gasteiger partial charge in [-0.3, -0.25) is 9.59 Å². The van der Waals surface area contributed by atoms with Gasteiger partial charge in [-0.05, 0) is 37.5 Å². The summed E-state index contributed by atoms with van der Waals surface area (Å²) in [6, 6.07) is 0. The Balaban J connectivity index is 1.57. The summed E-state index contributed by atoms with van der Waals surface area (Å²) >= 11 is 0. The molecule has 0 N–H and O–H groups in total. The van der Waals surface area contributed by atoms with E-state index >= 15 is 0 Å². The van der Waals surface area contributed by atoms with Crippen molar-refractivity contribution in [3.8, 4) is 0 Å². The molecule has 3 saturated heterocycles. The van der Waals surface area contributed by atoms with Gasteiger partial charge in [0.15, 0.2) is 0 Å². The molecule has 5 heteroatoms. The number of ether oxygens (including phenoxy) is 1. The van der Waals surface area contributed by atoms with Gasteiger partial charge >= 0.3 is 0 Å². The summed E-state index contributed by atoms with van der Waals surface area (Å²) in [6.07, 6.45) is 7.02. The van der Waals surface area contributed by atoms with E-state index in [1.54, 1.807) is 6.08 Å². The fourth-order valence-corrected chi connectivity index (χ4v) is 4.01. The van der Waals surface area contributed by atoms with Crippen LogP contribution in [0.15, 0.2) is 12.7 Å². The molecule has 0 aromatic rings. The highest BCUT2D eigenvalue weighted by Crippen LogP contribution is 2.40. The Bertz CT molecular complexity index is 449. The van der Waals surface area contributed by atoms with Crippen molar-refractivity contribution in [2.75, 3.05) is 32.8 Å². The first kappa shape index (κ1) is 15.5. The number of hydrogen-bond donors (Lipinski definition) is 0. The lowest BCUT2D eigenvalue weighted by molar-refractivity contribution is -0.147. The van der Waals surface area contributed by atoms with Gasteiger partial charge in [-0.25, -0.2) is 0 Å². The molecule has 3 aliphatic heterocycles. The zero-order chi connectivity index (χ0) is 15.6. The molecule has 3 heterocycles. The van der Waals surface area contributed by atoms with Crippen molar-refractivity contribution in [2.24, 2.45) is 5.41 Å². The maximum absolute atomic E-state index is 12.4. The van der Waals surface area contributed by atoms with E-state index in [2.05, 4.69) is 6.58 Å². The average Bonchev–Trinajstić information content (AvgIpc) is 3.06. The maximum atomic E-state index is 12.4. The van der Waals surface area contributed by atoms with Crippen LogP contribution in [0.5, 0.6) is 0 Å². The second kappa shape index (κ2) is 6.41. The zero-order valence-corrected chi connectivity index (χ0v) is 13.3. The molecule has 3 aliphatic rings. The predicted molar refractivity (Wildman–Crippen MR) is 83.2 cm³/mol. The van der Waals surface area contributed by atoms with E-state index < -0.39 is 0 Å². The minimum absolute atomic E-state index is 0.169. The van der Waals surface area contributed by atoms with E-state index in [0.29, 0.717) is 19.6 Å². The fraction of sp³-hybridized carbons (Fsp3) is 0.765. The van der Waals surface area contributed by atoms with Crippen LogP contribution in [0.25, 0.3) is 0 Å². The molecule has 0 saturated carbocycles. The first-order chi connectivity index (χ1) is 10.6. The molecule has 22 heavy (non-hydrogen) atoms. The zero-order valence-electron chi connectivity index (χ0n) is 13.3. The molecule has 2 amide bonds. The summed E-state index contributed by atoms with van der Waals surface area (Å²) in [5, 5.41) is 0. The van der Waals surface area contributed by atoms with Gasteiger partial charge in [-0.1, -0.05) is 6.08 Å². The summed E-state index contributed by atoms with van der Waals surface area (Å²) in [7, 11) is 0. The highest BCUT2D eigenvalue weighted by molar-refractivity contribution is 5.81. The highest BCUT2D eigenvalue weighted by Gasteiger charge is 2.42. The monoisotopic (exact) mass is 306 g/mol. The van der Waals surface area contributed by atoms with Crippen LogP contribution in [0, 0.1) is 5.41 Å². The molecule has 5 nitrogen and oxygen atoms in total. The van der Waals surface area contributed by atoms with Crippen LogP contribution in [0.4, 0.5) is 0 Å². The van der Waals surface area contributed by atoms with E-state index in [1.165, 1.54) is 0 Å². The first-order valence-electron chi connectivity index (χ1n) is 8.43. The number of hydrogen-bond acceptors (Lipinski definition) is 3. The van der Waals surface area contributed by atoms with Crippen LogP contribution in [-0.4, -0.2) is 60.5 Å². The number of likely N-dealkylation sites (tertiary alicyclic amines) is 2. The first-order valence-corrected chi connectivity index (χ1v) is 8.43. The van der Waals surface area contributed by atoms with E-state index in [0.717, 1.165) is 51.7 Å². The van der Waals surface area contributed by atoms with Crippen LogP contribution < -0.4 is 0 Å². The quantitative estimate of drug-likeness (QED) is 0.744. The molecule has 3 rings (SSSR count). The number of piperidine rings is 2. The third-order valence-corrected chi connectivity index (χ3v) is 5.44. The van der Waals surface area contributed by atoms with Gasteiger partial charge < -0.3 is 14.5 Å². The van der Waals surface area contributed by atoms with Gasteiger partial charge in [0.2, 0.25) is 5.91 Å². The molecular formula is C17H26N2O3. The Morgan fingerprint density at radius 3 is 2.77 bits per heavy atom. The van der Waals surface area contributed by atoms with Crippen LogP contribution >= 0.6 is 0 Å². The second-order valence-corrected chi connectivity index (χ2v) is 6.89. The van der Waals surface area contributed by atoms with Crippen molar-refractivity contribution in [1.82, 2.24) is 9.80 Å². The molecule has 3 fully saturated rings. The van der Waals surface area contributed by atoms with Crippen molar-refractivity contribution in [3.05, 3.63) is 12.7 Å². The molecule has 1 spiro atoms. The van der Waals surface area contributed by atoms with Crippen LogP contribution in [0.3, 0.4) is 0 Å². The minimum atomic E-state index is -0.209. The average molecular weight is 306 g/mol. The third kappa shape index (κ3) is 3.05. The Labute approximate surface area is 132 Å². The van der Waals surface area contributed by atoms with Gasteiger partial charge in [0.25, 0.3) is 5.91 Å². The number of carbonyl (C=O) groups excluding carboxylic acids is 2. The largest absolute Gasteiger partial charge is 0.368 e. The molecular weight excluding hydrogens is 280 g/mol. The summed E-state index contributed by atoms with van der Waals surface area (Å²) in [5.41, 5.74) is 0.199. The lowest BCUT2D eigenvalue weighted by Gasteiger charge is -2.47. The van der Waals surface area contributed by atoms with Crippen molar-refractivity contribution < 1.29 is 14.3 Å². The van der Waals surface area contributed by atoms with Crippen LogP contribution in [0.1, 0.15) is 38.5 Å². The second-order valence-electron chi connectivity index (χ2n) is 6.89. The van der Waals surface area contributed by atoms with Gasteiger partial charge in [-0.15, -0.1) is 6.58 Å². The van der Waals surface area contributed by atoms with E-state index in [1.807, 2.05) is 9.80 Å². The molecule has 0 aromatic heterocycles. The van der Waals surface area contributed by atoms with Crippen LogP contribution in [-0.2, 0) is 14.3 Å². The van der Waals surface area contributed by atoms with E-state index in [-0.39, 0.29) is 23.3 Å². The van der Waals surface area contributed by atoms with Gasteiger partial charge in [0, 0.05) is 39.2 Å². The summed E-state index contributed by atoms with van der Waals surface area (Å²) in [5.74, 6) is 0.408. The topological polar surface area (TPSA) is 49.9 Å². The van der Waals surface area contributed by atoms with Gasteiger partial charge in [-0.2, -0.15) is 0 Å². The summed E-state index contributed by atoms with van der Waals surface area (Å²) < 4.78 is 5.51. The summed E-state index contributed by atoms with van der Waals surface area (Å²) in [6.45, 7) is 7.51. The predicted octanol–water partition coefficient (Wildman–Crippen LogP) is 1.58. The third-order valence-electron chi connectivity index (χ3n) is 5.44. The maximum Gasteiger partial charge on any atom is 0.251 e. The van der Waals surface area contributed by atoms with Crippen molar-refractivity contribution in [2.45, 2.75) is 44.6 Å². The van der Waals surface area contributed by atoms with Gasteiger partial charge in [0.1, 0.15) is 6.10 Å². The Morgan fingerprint density at radius 2 is 2.14 bits per heavy atom. The number of rotatable bonds is 3. The molecule has 0 bridgehead atoms. The molecule has 1 atom stereocenters. The molecule has 0 unspecified atom stereocenters.